The summed E-state index contributed by atoms with van der Waals surface area (Å²) in [6, 6.07) is 0. The fourth-order valence-electron chi connectivity index (χ4n) is 0.692. The van der Waals surface area contributed by atoms with E-state index in [1.807, 2.05) is 25.2 Å². The largest absolute Gasteiger partial charge is 0.237 e. The third kappa shape index (κ3) is 2.00. The molecular formula is C9H10N2. The molecule has 0 fully saturated rings. The van der Waals surface area contributed by atoms with E-state index in [4.69, 9.17) is 0 Å². The van der Waals surface area contributed by atoms with E-state index in [0.29, 0.717) is 5.84 Å². The molecule has 1 aliphatic rings. The molecule has 2 heteroatoms. The van der Waals surface area contributed by atoms with Crippen molar-refractivity contribution in [3.05, 3.63) is 36.6 Å². The van der Waals surface area contributed by atoms with Crippen LogP contribution in [0, 0.1) is 0 Å². The molecule has 1 rings (SSSR count). The first-order chi connectivity index (χ1) is 5.34. The summed E-state index contributed by atoms with van der Waals surface area (Å²) < 4.78 is 0. The van der Waals surface area contributed by atoms with Gasteiger partial charge in [-0.3, -0.25) is 0 Å². The van der Waals surface area contributed by atoms with E-state index < -0.39 is 0 Å². The van der Waals surface area contributed by atoms with Crippen LogP contribution in [0.25, 0.3) is 0 Å². The van der Waals surface area contributed by atoms with Gasteiger partial charge in [0.25, 0.3) is 0 Å². The fourth-order valence-corrected chi connectivity index (χ4v) is 0.692. The number of hydrogen-bond donors (Lipinski definition) is 0. The maximum absolute atomic E-state index is 4.07. The number of dihydropyridines is 1. The first kappa shape index (κ1) is 7.66. The van der Waals surface area contributed by atoms with Gasteiger partial charge < -0.3 is 0 Å². The molecule has 1 aliphatic heterocycles. The molecule has 0 aromatic rings. The van der Waals surface area contributed by atoms with Crippen LogP contribution in [0.3, 0.4) is 0 Å². The van der Waals surface area contributed by atoms with Gasteiger partial charge in [-0.25, -0.2) is 9.98 Å². The van der Waals surface area contributed by atoms with Gasteiger partial charge in [0.1, 0.15) is 0 Å². The number of amidine groups is 1. The van der Waals surface area contributed by atoms with Gasteiger partial charge in [0.05, 0.1) is 0 Å². The summed E-state index contributed by atoms with van der Waals surface area (Å²) in [6.45, 7) is 5.70. The third-order valence-corrected chi connectivity index (χ3v) is 1.21. The highest BCUT2D eigenvalue weighted by Gasteiger charge is 1.99. The minimum absolute atomic E-state index is 0.686. The van der Waals surface area contributed by atoms with E-state index in [0.717, 1.165) is 5.57 Å². The van der Waals surface area contributed by atoms with Crippen molar-refractivity contribution < 1.29 is 0 Å². The molecule has 0 aromatic carbocycles. The number of aliphatic imine (C=N–C) groups is 2. The van der Waals surface area contributed by atoms with Crippen LogP contribution >= 0.6 is 0 Å². The van der Waals surface area contributed by atoms with Crippen molar-refractivity contribution in [2.45, 2.75) is 6.92 Å². The topological polar surface area (TPSA) is 24.7 Å². The molecule has 0 N–H and O–H groups in total. The molecule has 2 nitrogen and oxygen atoms in total. The lowest BCUT2D eigenvalue weighted by Gasteiger charge is -2.00. The summed E-state index contributed by atoms with van der Waals surface area (Å²) in [5, 5.41) is 0. The van der Waals surface area contributed by atoms with E-state index in [1.54, 1.807) is 12.4 Å². The maximum atomic E-state index is 4.07. The Morgan fingerprint density at radius 1 is 1.64 bits per heavy atom. The molecule has 0 amide bonds. The predicted octanol–water partition coefficient (Wildman–Crippen LogP) is 2.12. The summed E-state index contributed by atoms with van der Waals surface area (Å²) in [5.74, 6) is 0.686. The summed E-state index contributed by atoms with van der Waals surface area (Å²) in [7, 11) is 0. The standard InChI is InChI=1S/C9H10N2/c1-3-6-10-9-8(2)5-4-7-11-9/h3-7H,2H2,1H3/b6-3-,10-9?. The van der Waals surface area contributed by atoms with Crippen LogP contribution in [0.1, 0.15) is 6.92 Å². The second kappa shape index (κ2) is 3.66. The summed E-state index contributed by atoms with van der Waals surface area (Å²) in [5.41, 5.74) is 0.852. The normalized spacial score (nSPS) is 20.5. The van der Waals surface area contributed by atoms with Gasteiger partial charge in [-0.2, -0.15) is 0 Å². The Labute approximate surface area is 66.4 Å². The average molecular weight is 146 g/mol. The van der Waals surface area contributed by atoms with Gasteiger partial charge in [-0.15, -0.1) is 0 Å². The van der Waals surface area contributed by atoms with E-state index in [9.17, 15) is 0 Å². The van der Waals surface area contributed by atoms with Crippen LogP contribution in [-0.4, -0.2) is 12.1 Å². The lowest BCUT2D eigenvalue weighted by molar-refractivity contribution is 1.46. The molecule has 0 atom stereocenters. The molecule has 0 bridgehead atoms. The highest BCUT2D eigenvalue weighted by Crippen LogP contribution is 2.03. The van der Waals surface area contributed by atoms with Crippen molar-refractivity contribution in [3.63, 3.8) is 0 Å². The number of nitrogens with zero attached hydrogens (tertiary/aromatic N) is 2. The molecule has 0 radical (unpaired) electrons. The van der Waals surface area contributed by atoms with Gasteiger partial charge in [-0.1, -0.05) is 18.7 Å². The molecule has 56 valence electrons. The zero-order valence-electron chi connectivity index (χ0n) is 6.49. The van der Waals surface area contributed by atoms with Crippen LogP contribution in [0.2, 0.25) is 0 Å². The molecule has 0 aromatic heterocycles. The summed E-state index contributed by atoms with van der Waals surface area (Å²) in [4.78, 5) is 8.11. The summed E-state index contributed by atoms with van der Waals surface area (Å²) >= 11 is 0. The minimum Gasteiger partial charge on any atom is -0.237 e. The Hall–Kier alpha value is -1.44. The van der Waals surface area contributed by atoms with Crippen molar-refractivity contribution >= 4 is 12.1 Å². The molecule has 0 saturated heterocycles. The van der Waals surface area contributed by atoms with Gasteiger partial charge in [0, 0.05) is 18.0 Å². The molecule has 11 heavy (non-hydrogen) atoms. The average Bonchev–Trinajstić information content (AvgIpc) is 2.03. The quantitative estimate of drug-likeness (QED) is 0.541. The van der Waals surface area contributed by atoms with E-state index in [2.05, 4.69) is 16.6 Å². The van der Waals surface area contributed by atoms with E-state index >= 15 is 0 Å². The first-order valence-corrected chi connectivity index (χ1v) is 3.43. The van der Waals surface area contributed by atoms with Gasteiger partial charge >= 0.3 is 0 Å². The number of allylic oxidation sites excluding steroid dienone is 2. The van der Waals surface area contributed by atoms with Crippen molar-refractivity contribution in [1.29, 1.82) is 0 Å². The molecule has 0 spiro atoms. The van der Waals surface area contributed by atoms with Crippen LogP contribution < -0.4 is 0 Å². The minimum atomic E-state index is 0.686. The van der Waals surface area contributed by atoms with Gasteiger partial charge in [0.15, 0.2) is 5.84 Å². The van der Waals surface area contributed by atoms with Crippen molar-refractivity contribution in [2.75, 3.05) is 0 Å². The number of hydrogen-bond acceptors (Lipinski definition) is 1. The Morgan fingerprint density at radius 2 is 2.45 bits per heavy atom. The van der Waals surface area contributed by atoms with Crippen LogP contribution in [-0.2, 0) is 0 Å². The monoisotopic (exact) mass is 146 g/mol. The summed E-state index contributed by atoms with van der Waals surface area (Å²) in [6.07, 6.45) is 8.99. The molecule has 0 aliphatic carbocycles. The Kier molecular flexibility index (Phi) is 2.55. The highest BCUT2D eigenvalue weighted by atomic mass is 14.9. The number of rotatable bonds is 1. The van der Waals surface area contributed by atoms with Crippen molar-refractivity contribution in [1.82, 2.24) is 0 Å². The van der Waals surface area contributed by atoms with Crippen molar-refractivity contribution in [2.24, 2.45) is 9.98 Å². The highest BCUT2D eigenvalue weighted by molar-refractivity contribution is 6.08. The van der Waals surface area contributed by atoms with Gasteiger partial charge in [0.2, 0.25) is 0 Å². The second-order valence-electron chi connectivity index (χ2n) is 2.10. The molecule has 0 unspecified atom stereocenters. The Morgan fingerprint density at radius 3 is 3.09 bits per heavy atom. The van der Waals surface area contributed by atoms with Crippen LogP contribution in [0.15, 0.2) is 46.6 Å². The zero-order chi connectivity index (χ0) is 8.10. The lowest BCUT2D eigenvalue weighted by atomic mass is 10.2. The van der Waals surface area contributed by atoms with Crippen molar-refractivity contribution in [3.8, 4) is 0 Å². The smallest absolute Gasteiger partial charge is 0.158 e. The third-order valence-electron chi connectivity index (χ3n) is 1.21. The fraction of sp³-hybridized carbons (Fsp3) is 0.111. The van der Waals surface area contributed by atoms with E-state index in [1.165, 1.54) is 0 Å². The SMILES string of the molecule is C=C1C=CC=NC1=N/C=C\C. The first-order valence-electron chi connectivity index (χ1n) is 3.43. The maximum Gasteiger partial charge on any atom is 0.158 e. The molecular weight excluding hydrogens is 136 g/mol. The van der Waals surface area contributed by atoms with E-state index in [-0.39, 0.29) is 0 Å². The van der Waals surface area contributed by atoms with Crippen LogP contribution in [0.5, 0.6) is 0 Å². The second-order valence-corrected chi connectivity index (χ2v) is 2.10. The van der Waals surface area contributed by atoms with Gasteiger partial charge in [-0.05, 0) is 13.0 Å². The Balaban J connectivity index is 2.81. The van der Waals surface area contributed by atoms with Crippen LogP contribution in [0.4, 0.5) is 0 Å². The molecule has 1 heterocycles. The zero-order valence-corrected chi connectivity index (χ0v) is 6.49. The molecule has 0 saturated carbocycles. The lowest BCUT2D eigenvalue weighted by Crippen LogP contribution is -1.99. The Bertz CT molecular complexity index is 267. The predicted molar refractivity (Wildman–Crippen MR) is 49.0 cm³/mol.